The average molecular weight is 1160 g/mol. The maximum Gasteiger partial charge on any atom is 0.326 e. The number of aliphatic imine (C=N–C) groups is 2. The van der Waals surface area contributed by atoms with Gasteiger partial charge in [0.15, 0.2) is 11.9 Å². The number of amides is 9. The number of aromatic nitrogens is 2. The minimum Gasteiger partial charge on any atom is -0.480 e. The zero-order chi connectivity index (χ0) is 61.8. The van der Waals surface area contributed by atoms with Gasteiger partial charge in [-0.1, -0.05) is 66.2 Å². The zero-order valence-corrected chi connectivity index (χ0v) is 48.0. The van der Waals surface area contributed by atoms with E-state index in [9.17, 15) is 63.3 Å². The van der Waals surface area contributed by atoms with Gasteiger partial charge in [-0.15, -0.1) is 0 Å². The van der Waals surface area contributed by atoms with Crippen molar-refractivity contribution in [2.45, 2.75) is 192 Å². The number of rotatable bonds is 36. The topological polar surface area (TPSA) is 523 Å². The number of nitrogens with zero attached hydrogens (tertiary/aromatic N) is 3. The van der Waals surface area contributed by atoms with Crippen molar-refractivity contribution >= 4 is 71.1 Å². The molecular weight excluding hydrogens is 1070 g/mol. The molecule has 23 N–H and O–H groups in total. The van der Waals surface area contributed by atoms with Crippen LogP contribution in [0.4, 0.5) is 0 Å². The maximum absolute atomic E-state index is 14.3. The molecule has 9 amide bonds. The fourth-order valence-electron chi connectivity index (χ4n) is 8.73. The summed E-state index contributed by atoms with van der Waals surface area (Å²) >= 11 is 0. The molecule has 0 bridgehead atoms. The van der Waals surface area contributed by atoms with Gasteiger partial charge < -0.3 is 96.8 Å². The van der Waals surface area contributed by atoms with Crippen LogP contribution in [0.3, 0.4) is 0 Å². The molecule has 1 aliphatic rings. The lowest BCUT2D eigenvalue weighted by Gasteiger charge is -2.30. The summed E-state index contributed by atoms with van der Waals surface area (Å²) in [6, 6.07) is -12.3. The first-order valence-electron chi connectivity index (χ1n) is 27.7. The standard InChI is InChI=1S/C51H90N18O13/c1-8-26(4)38(47(79)66-37(25(2)3)49(81)82)67-43(75)33(17-13-19-59-51(55)56)63-36(72)23-60-46(78)39(28(6)70)69-48(80)40(29(7)71)68-45(77)35(21-31-22-57-24-61-31)65-44(76)34(20-30-14-10-9-11-15-30)64-41(73)27(5)62-42(74)32(52)16-12-18-58-50(53)54/h22,24-30,32-35,37-40,70-71H,8-21,23,52H2,1-7H3,(H,57,61)(H,60,78)(H,62,74)(H,63,72)(H,64,73)(H,65,76)(H,66,79)(H,67,75)(H,68,77)(H,69,80)(H,81,82)(H4,53,54,58)(H4,55,56,59)/t26?,27-,28+,29+,32-,33+,34-,35-,37+,38-,39-,40-/m0/s1. The summed E-state index contributed by atoms with van der Waals surface area (Å²) in [5.41, 5.74) is 28.0. The number of guanidine groups is 2. The monoisotopic (exact) mass is 1160 g/mol. The van der Waals surface area contributed by atoms with Crippen molar-refractivity contribution in [1.82, 2.24) is 57.8 Å². The van der Waals surface area contributed by atoms with Gasteiger partial charge in [0.2, 0.25) is 53.2 Å². The van der Waals surface area contributed by atoms with Crippen LogP contribution in [0, 0.1) is 17.8 Å². The van der Waals surface area contributed by atoms with Crippen LogP contribution in [0.25, 0.3) is 0 Å². The van der Waals surface area contributed by atoms with E-state index in [2.05, 4.69) is 67.8 Å². The predicted octanol–water partition coefficient (Wildman–Crippen LogP) is -5.08. The molecule has 462 valence electrons. The van der Waals surface area contributed by atoms with Crippen LogP contribution in [0.15, 0.2) is 22.5 Å². The Morgan fingerprint density at radius 1 is 0.622 bits per heavy atom. The molecule has 0 aliphatic heterocycles. The van der Waals surface area contributed by atoms with Gasteiger partial charge in [-0.3, -0.25) is 53.1 Å². The van der Waals surface area contributed by atoms with Crippen LogP contribution >= 0.6 is 0 Å². The first kappa shape index (κ1) is 70.4. The quantitative estimate of drug-likeness (QED) is 0.0170. The van der Waals surface area contributed by atoms with Gasteiger partial charge in [0.1, 0.15) is 48.3 Å². The Kier molecular flexibility index (Phi) is 30.9. The summed E-state index contributed by atoms with van der Waals surface area (Å²) in [6.07, 6.45) is 4.73. The number of carboxylic acids is 1. The molecule has 0 spiro atoms. The van der Waals surface area contributed by atoms with Gasteiger partial charge in [-0.2, -0.15) is 0 Å². The fourth-order valence-corrected chi connectivity index (χ4v) is 8.73. The van der Waals surface area contributed by atoms with Crippen molar-refractivity contribution in [2.75, 3.05) is 19.6 Å². The Bertz CT molecular complexity index is 2320. The summed E-state index contributed by atoms with van der Waals surface area (Å²) in [4.78, 5) is 150. The number of aromatic amines is 1. The number of hydrogen-bond acceptors (Lipinski definition) is 16. The molecule has 1 heterocycles. The van der Waals surface area contributed by atoms with E-state index in [0.717, 1.165) is 46.0 Å². The third kappa shape index (κ3) is 25.4. The van der Waals surface area contributed by atoms with E-state index in [1.807, 2.05) is 0 Å². The summed E-state index contributed by atoms with van der Waals surface area (Å²) in [5, 5.41) is 53.7. The average Bonchev–Trinajstić information content (AvgIpc) is 4.00. The van der Waals surface area contributed by atoms with Gasteiger partial charge in [-0.05, 0) is 70.6 Å². The molecule has 1 aromatic rings. The van der Waals surface area contributed by atoms with Crippen molar-refractivity contribution < 1.29 is 63.3 Å². The van der Waals surface area contributed by atoms with E-state index >= 15 is 0 Å². The Morgan fingerprint density at radius 3 is 1.67 bits per heavy atom. The second-order valence-corrected chi connectivity index (χ2v) is 21.1. The van der Waals surface area contributed by atoms with E-state index in [-0.39, 0.29) is 63.0 Å². The second-order valence-electron chi connectivity index (χ2n) is 21.1. The van der Waals surface area contributed by atoms with Gasteiger partial charge in [0, 0.05) is 31.4 Å². The minimum atomic E-state index is -1.83. The molecule has 1 aliphatic carbocycles. The molecule has 1 saturated carbocycles. The van der Waals surface area contributed by atoms with E-state index in [0.29, 0.717) is 18.5 Å². The van der Waals surface area contributed by atoms with Crippen molar-refractivity contribution in [1.29, 1.82) is 0 Å². The van der Waals surface area contributed by atoms with E-state index in [4.69, 9.17) is 28.7 Å². The largest absolute Gasteiger partial charge is 0.480 e. The zero-order valence-electron chi connectivity index (χ0n) is 48.0. The predicted molar refractivity (Wildman–Crippen MR) is 301 cm³/mol. The summed E-state index contributed by atoms with van der Waals surface area (Å²) in [5.74, 6) is -10.5. The molecule has 31 heteroatoms. The van der Waals surface area contributed by atoms with Crippen molar-refractivity contribution in [3.63, 3.8) is 0 Å². The normalized spacial score (nSPS) is 16.9. The Labute approximate surface area is 477 Å². The van der Waals surface area contributed by atoms with E-state index in [1.54, 1.807) is 27.7 Å². The minimum absolute atomic E-state index is 0.0158. The lowest BCUT2D eigenvalue weighted by atomic mass is 9.84. The third-order valence-electron chi connectivity index (χ3n) is 13.8. The van der Waals surface area contributed by atoms with Crippen LogP contribution in [0.5, 0.6) is 0 Å². The van der Waals surface area contributed by atoms with Crippen LogP contribution in [0.2, 0.25) is 0 Å². The number of aliphatic hydroxyl groups excluding tert-OH is 2. The van der Waals surface area contributed by atoms with Gasteiger partial charge in [-0.25, -0.2) is 9.78 Å². The summed E-state index contributed by atoms with van der Waals surface area (Å²) < 4.78 is 0. The van der Waals surface area contributed by atoms with Crippen molar-refractivity contribution in [2.24, 2.45) is 56.4 Å². The molecule has 0 radical (unpaired) electrons. The van der Waals surface area contributed by atoms with Crippen molar-refractivity contribution in [3.05, 3.63) is 18.2 Å². The molecular formula is C51H90N18O13. The SMILES string of the molecule is CCC(C)[C@H](NC(=O)[C@@H](CCCN=C(N)N)NC(=O)CNC(=O)[C@@H](NC(=O)[C@@H](NC(=O)[C@H](Cc1cnc[nH]1)NC(=O)[C@H](CC1CCCCC1)NC(=O)[C@H](C)NC(=O)[C@@H](N)CCCN=C(N)N)[C@@H](C)O)[C@@H](C)O)C(=O)N[C@@H](C(=O)O)C(C)C. The number of nitrogens with two attached hydrogens (primary N) is 5. The highest BCUT2D eigenvalue weighted by Gasteiger charge is 2.37. The number of aliphatic carboxylic acids is 1. The summed E-state index contributed by atoms with van der Waals surface area (Å²) in [7, 11) is 0. The molecule has 82 heavy (non-hydrogen) atoms. The Morgan fingerprint density at radius 2 is 1.13 bits per heavy atom. The Balaban J connectivity index is 2.29. The highest BCUT2D eigenvalue weighted by atomic mass is 16.4. The van der Waals surface area contributed by atoms with Gasteiger partial charge >= 0.3 is 5.97 Å². The number of carbonyl (C=O) groups excluding carboxylic acids is 9. The number of imidazole rings is 1. The highest BCUT2D eigenvalue weighted by molar-refractivity contribution is 5.98. The summed E-state index contributed by atoms with van der Waals surface area (Å²) in [6.45, 7) is 9.79. The molecule has 1 fully saturated rings. The Hall–Kier alpha value is -7.67. The molecule has 0 saturated heterocycles. The lowest BCUT2D eigenvalue weighted by Crippen LogP contribution is -2.63. The van der Waals surface area contributed by atoms with Crippen LogP contribution in [-0.2, 0) is 54.4 Å². The lowest BCUT2D eigenvalue weighted by molar-refractivity contribution is -0.144. The van der Waals surface area contributed by atoms with Crippen LogP contribution in [-0.4, -0.2) is 183 Å². The van der Waals surface area contributed by atoms with E-state index < -0.39 is 144 Å². The molecule has 1 unspecified atom stereocenters. The molecule has 12 atom stereocenters. The highest BCUT2D eigenvalue weighted by Crippen LogP contribution is 2.27. The van der Waals surface area contributed by atoms with E-state index in [1.165, 1.54) is 19.4 Å². The smallest absolute Gasteiger partial charge is 0.326 e. The van der Waals surface area contributed by atoms with Crippen LogP contribution < -0.4 is 76.5 Å². The number of carboxylic acid groups (broad SMARTS) is 1. The van der Waals surface area contributed by atoms with Gasteiger partial charge in [0.25, 0.3) is 0 Å². The fraction of sp³-hybridized carbons (Fsp3) is 0.706. The van der Waals surface area contributed by atoms with Crippen LogP contribution in [0.1, 0.15) is 125 Å². The third-order valence-corrected chi connectivity index (χ3v) is 13.8. The number of carbonyl (C=O) groups is 10. The molecule has 31 nitrogen and oxygen atoms in total. The number of nitrogens with one attached hydrogen (secondary N) is 10. The number of H-pyrrole nitrogens is 1. The van der Waals surface area contributed by atoms with Gasteiger partial charge in [0.05, 0.1) is 31.1 Å². The number of hydrogen-bond donors (Lipinski definition) is 18. The maximum atomic E-state index is 14.3. The van der Waals surface area contributed by atoms with Crippen molar-refractivity contribution in [3.8, 4) is 0 Å². The first-order valence-corrected chi connectivity index (χ1v) is 27.7. The number of aliphatic hydroxyl groups is 2. The second kappa shape index (κ2) is 35.9. The first-order chi connectivity index (χ1) is 38.6. The molecule has 2 rings (SSSR count). The molecule has 0 aromatic carbocycles. The molecule has 1 aromatic heterocycles.